The van der Waals surface area contributed by atoms with Gasteiger partial charge in [-0.15, -0.1) is 11.3 Å². The van der Waals surface area contributed by atoms with Crippen LogP contribution in [0, 0.1) is 6.92 Å². The summed E-state index contributed by atoms with van der Waals surface area (Å²) in [6, 6.07) is 1.98. The molecule has 0 atom stereocenters. The van der Waals surface area contributed by atoms with Gasteiger partial charge in [-0.1, -0.05) is 0 Å². The second kappa shape index (κ2) is 3.74. The molecule has 2 heterocycles. The van der Waals surface area contributed by atoms with E-state index in [4.69, 9.17) is 11.5 Å². The third-order valence-corrected chi connectivity index (χ3v) is 3.88. The lowest BCUT2D eigenvalue weighted by Crippen LogP contribution is -2.03. The highest BCUT2D eigenvalue weighted by Gasteiger charge is 2.09. The molecule has 0 saturated carbocycles. The molecule has 5 nitrogen and oxygen atoms in total. The normalized spacial score (nSPS) is 10.5. The van der Waals surface area contributed by atoms with E-state index in [1.54, 1.807) is 0 Å². The van der Waals surface area contributed by atoms with Gasteiger partial charge in [0.15, 0.2) is 5.82 Å². The van der Waals surface area contributed by atoms with E-state index in [0.717, 1.165) is 14.2 Å². The molecule has 0 saturated heterocycles. The first-order valence-corrected chi connectivity index (χ1v) is 5.70. The van der Waals surface area contributed by atoms with Crippen molar-refractivity contribution in [2.45, 2.75) is 6.92 Å². The van der Waals surface area contributed by atoms with Crippen molar-refractivity contribution in [3.8, 4) is 10.7 Å². The third-order valence-electron chi connectivity index (χ3n) is 1.75. The number of rotatable bonds is 1. The Labute approximate surface area is 98.7 Å². The van der Waals surface area contributed by atoms with E-state index in [0.29, 0.717) is 5.82 Å². The van der Waals surface area contributed by atoms with Crippen molar-refractivity contribution in [2.24, 2.45) is 0 Å². The maximum atomic E-state index is 5.49. The average Bonchev–Trinajstić information content (AvgIpc) is 2.45. The molecule has 0 bridgehead atoms. The first kappa shape index (κ1) is 10.3. The highest BCUT2D eigenvalue weighted by molar-refractivity contribution is 9.11. The van der Waals surface area contributed by atoms with Crippen LogP contribution in [0.25, 0.3) is 10.7 Å². The molecular weight excluding hydrogens is 278 g/mol. The summed E-state index contributed by atoms with van der Waals surface area (Å²) < 4.78 is 1.05. The number of nitrogens with two attached hydrogens (primary N) is 2. The van der Waals surface area contributed by atoms with Gasteiger partial charge in [0.2, 0.25) is 11.9 Å². The highest BCUT2D eigenvalue weighted by Crippen LogP contribution is 2.33. The minimum absolute atomic E-state index is 0.139. The number of hydrogen-bond donors (Lipinski definition) is 2. The number of halogens is 1. The Kier molecular flexibility index (Phi) is 2.57. The van der Waals surface area contributed by atoms with Crippen molar-refractivity contribution >= 4 is 39.2 Å². The van der Waals surface area contributed by atoms with Crippen LogP contribution in [0.2, 0.25) is 0 Å². The number of nitrogens with zero attached hydrogens (tertiary/aromatic N) is 3. The molecule has 2 aromatic rings. The van der Waals surface area contributed by atoms with Gasteiger partial charge in [-0.3, -0.25) is 0 Å². The SMILES string of the molecule is Cc1cc(-c2nc(N)nc(N)n2)sc1Br. The number of aryl methyl sites for hydroxylation is 1. The van der Waals surface area contributed by atoms with E-state index in [9.17, 15) is 0 Å². The van der Waals surface area contributed by atoms with E-state index in [1.807, 2.05) is 13.0 Å². The van der Waals surface area contributed by atoms with Gasteiger partial charge < -0.3 is 11.5 Å². The highest BCUT2D eigenvalue weighted by atomic mass is 79.9. The molecule has 0 radical (unpaired) electrons. The molecule has 0 aliphatic heterocycles. The van der Waals surface area contributed by atoms with Crippen LogP contribution in [0.4, 0.5) is 11.9 Å². The molecule has 0 fully saturated rings. The van der Waals surface area contributed by atoms with Crippen molar-refractivity contribution in [2.75, 3.05) is 11.5 Å². The molecule has 2 rings (SSSR count). The Morgan fingerprint density at radius 1 is 1.20 bits per heavy atom. The van der Waals surface area contributed by atoms with Crippen molar-refractivity contribution in [1.29, 1.82) is 0 Å². The lowest BCUT2D eigenvalue weighted by molar-refractivity contribution is 1.09. The van der Waals surface area contributed by atoms with E-state index in [-0.39, 0.29) is 11.9 Å². The fourth-order valence-electron chi connectivity index (χ4n) is 1.09. The molecule has 0 aliphatic carbocycles. The van der Waals surface area contributed by atoms with E-state index in [1.165, 1.54) is 11.3 Å². The zero-order chi connectivity index (χ0) is 11.0. The second-order valence-electron chi connectivity index (χ2n) is 2.94. The molecule has 2 aromatic heterocycles. The fraction of sp³-hybridized carbons (Fsp3) is 0.125. The summed E-state index contributed by atoms with van der Waals surface area (Å²) >= 11 is 4.97. The van der Waals surface area contributed by atoms with Crippen LogP contribution >= 0.6 is 27.3 Å². The molecule has 4 N–H and O–H groups in total. The van der Waals surface area contributed by atoms with Gasteiger partial charge in [-0.2, -0.15) is 15.0 Å². The smallest absolute Gasteiger partial charge is 0.225 e. The van der Waals surface area contributed by atoms with E-state index < -0.39 is 0 Å². The number of hydrogen-bond acceptors (Lipinski definition) is 6. The van der Waals surface area contributed by atoms with Crippen LogP contribution in [-0.2, 0) is 0 Å². The minimum Gasteiger partial charge on any atom is -0.368 e. The maximum absolute atomic E-state index is 5.49. The Bertz CT molecular complexity index is 470. The summed E-state index contributed by atoms with van der Waals surface area (Å²) in [7, 11) is 0. The largest absolute Gasteiger partial charge is 0.368 e. The standard InChI is InChI=1S/C8H8BrN5S/c1-3-2-4(15-5(3)9)6-12-7(10)14-8(11)13-6/h2H,1H3,(H4,10,11,12,13,14). The van der Waals surface area contributed by atoms with Gasteiger partial charge in [0.25, 0.3) is 0 Å². The summed E-state index contributed by atoms with van der Waals surface area (Å²) in [6.45, 7) is 2.00. The molecular formula is C8H8BrN5S. The monoisotopic (exact) mass is 285 g/mol. The molecule has 15 heavy (non-hydrogen) atoms. The zero-order valence-electron chi connectivity index (χ0n) is 7.86. The number of nitrogen functional groups attached to an aromatic ring is 2. The van der Waals surface area contributed by atoms with Crippen LogP contribution < -0.4 is 11.5 Å². The number of aromatic nitrogens is 3. The van der Waals surface area contributed by atoms with Crippen LogP contribution in [-0.4, -0.2) is 15.0 Å². The minimum atomic E-state index is 0.139. The lowest BCUT2D eigenvalue weighted by atomic mass is 10.3. The fourth-order valence-corrected chi connectivity index (χ4v) is 2.56. The maximum Gasteiger partial charge on any atom is 0.225 e. The van der Waals surface area contributed by atoms with Crippen molar-refractivity contribution in [3.05, 3.63) is 15.4 Å². The zero-order valence-corrected chi connectivity index (χ0v) is 10.3. The van der Waals surface area contributed by atoms with Gasteiger partial charge in [0.1, 0.15) is 0 Å². The van der Waals surface area contributed by atoms with Crippen LogP contribution in [0.3, 0.4) is 0 Å². The van der Waals surface area contributed by atoms with Crippen LogP contribution in [0.1, 0.15) is 5.56 Å². The van der Waals surface area contributed by atoms with Gasteiger partial charge in [-0.05, 0) is 34.5 Å². The molecule has 0 aliphatic rings. The first-order chi connectivity index (χ1) is 7.06. The van der Waals surface area contributed by atoms with Crippen molar-refractivity contribution in [3.63, 3.8) is 0 Å². The summed E-state index contributed by atoms with van der Waals surface area (Å²) in [5.41, 5.74) is 12.1. The van der Waals surface area contributed by atoms with E-state index in [2.05, 4.69) is 30.9 Å². The molecule has 0 unspecified atom stereocenters. The Morgan fingerprint density at radius 2 is 1.80 bits per heavy atom. The van der Waals surface area contributed by atoms with Crippen molar-refractivity contribution in [1.82, 2.24) is 15.0 Å². The van der Waals surface area contributed by atoms with Crippen LogP contribution in [0.15, 0.2) is 9.85 Å². The first-order valence-electron chi connectivity index (χ1n) is 4.09. The van der Waals surface area contributed by atoms with Gasteiger partial charge in [-0.25, -0.2) is 0 Å². The topological polar surface area (TPSA) is 90.7 Å². The van der Waals surface area contributed by atoms with Gasteiger partial charge >= 0.3 is 0 Å². The predicted octanol–water partition coefficient (Wildman–Crippen LogP) is 1.84. The lowest BCUT2D eigenvalue weighted by Gasteiger charge is -1.98. The predicted molar refractivity (Wildman–Crippen MR) is 64.4 cm³/mol. The Balaban J connectivity index is 2.53. The molecule has 7 heteroatoms. The third kappa shape index (κ3) is 2.07. The van der Waals surface area contributed by atoms with Gasteiger partial charge in [0.05, 0.1) is 8.66 Å². The van der Waals surface area contributed by atoms with E-state index >= 15 is 0 Å². The molecule has 0 amide bonds. The number of thiophene rings is 1. The van der Waals surface area contributed by atoms with Gasteiger partial charge in [0, 0.05) is 0 Å². The molecule has 78 valence electrons. The molecule has 0 spiro atoms. The quantitative estimate of drug-likeness (QED) is 0.834. The van der Waals surface area contributed by atoms with Crippen LogP contribution in [0.5, 0.6) is 0 Å². The summed E-state index contributed by atoms with van der Waals surface area (Å²) in [6.07, 6.45) is 0. The molecule has 0 aromatic carbocycles. The summed E-state index contributed by atoms with van der Waals surface area (Å²) in [5.74, 6) is 0.790. The average molecular weight is 286 g/mol. The number of anilines is 2. The summed E-state index contributed by atoms with van der Waals surface area (Å²) in [5, 5.41) is 0. The Morgan fingerprint density at radius 3 is 2.27 bits per heavy atom. The second-order valence-corrected chi connectivity index (χ2v) is 5.31. The summed E-state index contributed by atoms with van der Waals surface area (Å²) in [4.78, 5) is 12.7. The Hall–Kier alpha value is -1.21. The van der Waals surface area contributed by atoms with Crippen molar-refractivity contribution < 1.29 is 0 Å².